The van der Waals surface area contributed by atoms with E-state index in [1.807, 2.05) is 39.0 Å². The Morgan fingerprint density at radius 3 is 2.78 bits per heavy atom. The van der Waals surface area contributed by atoms with Crippen LogP contribution in [0.2, 0.25) is 0 Å². The number of para-hydroxylation sites is 1. The molecule has 0 amide bonds. The molecule has 0 spiro atoms. The molecule has 0 fully saturated rings. The number of nitrogens with one attached hydrogen (secondary N) is 1. The molecule has 0 aliphatic carbocycles. The first kappa shape index (κ1) is 15.0. The Hall–Kier alpha value is -2.94. The zero-order valence-corrected chi connectivity index (χ0v) is 13.3. The summed E-state index contributed by atoms with van der Waals surface area (Å²) in [6, 6.07) is 8.05. The molecule has 23 heavy (non-hydrogen) atoms. The van der Waals surface area contributed by atoms with E-state index in [0.717, 1.165) is 27.9 Å². The summed E-state index contributed by atoms with van der Waals surface area (Å²) in [5, 5.41) is 20.5. The number of rotatable bonds is 4. The number of anilines is 1. The molecule has 1 aromatic carbocycles. The summed E-state index contributed by atoms with van der Waals surface area (Å²) in [6.07, 6.45) is 0.605. The first-order valence-corrected chi connectivity index (χ1v) is 7.43. The number of nitrogens with zero attached hydrogens (tertiary/aromatic N) is 4. The van der Waals surface area contributed by atoms with Crippen molar-refractivity contribution in [2.45, 2.75) is 27.2 Å². The van der Waals surface area contributed by atoms with E-state index in [-0.39, 0.29) is 0 Å². The van der Waals surface area contributed by atoms with Crippen molar-refractivity contribution in [3.8, 4) is 6.07 Å². The maximum atomic E-state index is 9.28. The zero-order valence-electron chi connectivity index (χ0n) is 13.3. The van der Waals surface area contributed by atoms with E-state index in [0.29, 0.717) is 30.2 Å². The van der Waals surface area contributed by atoms with E-state index in [1.54, 1.807) is 0 Å². The predicted octanol–water partition coefficient (Wildman–Crippen LogP) is 3.07. The smallest absolute Gasteiger partial charge is 0.197 e. The van der Waals surface area contributed by atoms with Crippen LogP contribution in [0, 0.1) is 32.1 Å². The highest BCUT2D eigenvalue weighted by Gasteiger charge is 2.11. The third kappa shape index (κ3) is 2.86. The molecule has 2 heterocycles. The third-order valence-corrected chi connectivity index (χ3v) is 3.86. The van der Waals surface area contributed by atoms with Crippen molar-refractivity contribution < 1.29 is 4.42 Å². The molecule has 0 unspecified atom stereocenters. The Morgan fingerprint density at radius 1 is 1.22 bits per heavy atom. The fourth-order valence-electron chi connectivity index (χ4n) is 2.40. The number of hydrogen-bond donors (Lipinski definition) is 1. The highest BCUT2D eigenvalue weighted by atomic mass is 16.3. The lowest BCUT2D eigenvalue weighted by Gasteiger charge is -2.08. The van der Waals surface area contributed by atoms with Crippen LogP contribution >= 0.6 is 0 Å². The molecule has 0 saturated heterocycles. The van der Waals surface area contributed by atoms with Gasteiger partial charge in [-0.25, -0.2) is 4.98 Å². The molecule has 116 valence electrons. The molecule has 3 rings (SSSR count). The minimum Gasteiger partial charge on any atom is -0.441 e. The summed E-state index contributed by atoms with van der Waals surface area (Å²) < 4.78 is 5.73. The second kappa shape index (κ2) is 6.05. The van der Waals surface area contributed by atoms with Gasteiger partial charge in [-0.15, -0.1) is 5.10 Å². The van der Waals surface area contributed by atoms with Crippen LogP contribution in [0.1, 0.15) is 28.3 Å². The van der Waals surface area contributed by atoms with E-state index in [1.165, 1.54) is 0 Å². The van der Waals surface area contributed by atoms with Gasteiger partial charge in [-0.2, -0.15) is 10.4 Å². The van der Waals surface area contributed by atoms with Crippen LogP contribution in [0.4, 0.5) is 5.82 Å². The van der Waals surface area contributed by atoms with Crippen molar-refractivity contribution in [3.05, 3.63) is 46.5 Å². The first-order chi connectivity index (χ1) is 11.1. The molecule has 0 aliphatic heterocycles. The second-order valence-electron chi connectivity index (χ2n) is 5.45. The SMILES string of the molecule is Cc1nnc(NCCc2nc3c(C)cccc3o2)c(C#N)c1C. The van der Waals surface area contributed by atoms with Gasteiger partial charge in [0.25, 0.3) is 0 Å². The molecule has 0 saturated carbocycles. The molecule has 0 radical (unpaired) electrons. The van der Waals surface area contributed by atoms with Gasteiger partial charge < -0.3 is 9.73 Å². The molecule has 6 nitrogen and oxygen atoms in total. The van der Waals surface area contributed by atoms with Gasteiger partial charge in [0.2, 0.25) is 0 Å². The quantitative estimate of drug-likeness (QED) is 0.797. The molecular weight excluding hydrogens is 290 g/mol. The highest BCUT2D eigenvalue weighted by Crippen LogP contribution is 2.20. The van der Waals surface area contributed by atoms with Crippen LogP contribution < -0.4 is 5.32 Å². The number of fused-ring (bicyclic) bond motifs is 1. The van der Waals surface area contributed by atoms with Crippen LogP contribution in [0.5, 0.6) is 0 Å². The lowest BCUT2D eigenvalue weighted by Crippen LogP contribution is -2.10. The number of aromatic nitrogens is 3. The van der Waals surface area contributed by atoms with Crippen LogP contribution in [0.25, 0.3) is 11.1 Å². The van der Waals surface area contributed by atoms with Gasteiger partial charge in [0.1, 0.15) is 17.1 Å². The monoisotopic (exact) mass is 307 g/mol. The van der Waals surface area contributed by atoms with Gasteiger partial charge >= 0.3 is 0 Å². The van der Waals surface area contributed by atoms with Gasteiger partial charge in [-0.05, 0) is 38.0 Å². The average Bonchev–Trinajstić information content (AvgIpc) is 2.95. The van der Waals surface area contributed by atoms with Gasteiger partial charge in [0.15, 0.2) is 17.3 Å². The van der Waals surface area contributed by atoms with E-state index in [2.05, 4.69) is 26.6 Å². The maximum Gasteiger partial charge on any atom is 0.197 e. The fraction of sp³-hybridized carbons (Fsp3) is 0.294. The topological polar surface area (TPSA) is 87.6 Å². The Labute approximate surface area is 134 Å². The van der Waals surface area contributed by atoms with Crippen molar-refractivity contribution in [2.24, 2.45) is 0 Å². The summed E-state index contributed by atoms with van der Waals surface area (Å²) in [7, 11) is 0. The number of benzene rings is 1. The maximum absolute atomic E-state index is 9.28. The van der Waals surface area contributed by atoms with Gasteiger partial charge in [0.05, 0.1) is 5.69 Å². The van der Waals surface area contributed by atoms with E-state index >= 15 is 0 Å². The normalized spacial score (nSPS) is 10.7. The fourth-order valence-corrected chi connectivity index (χ4v) is 2.40. The Morgan fingerprint density at radius 2 is 2.04 bits per heavy atom. The number of hydrogen-bond acceptors (Lipinski definition) is 6. The van der Waals surface area contributed by atoms with E-state index in [4.69, 9.17) is 4.42 Å². The summed E-state index contributed by atoms with van der Waals surface area (Å²) in [4.78, 5) is 4.51. The summed E-state index contributed by atoms with van der Waals surface area (Å²) >= 11 is 0. The van der Waals surface area contributed by atoms with Gasteiger partial charge in [-0.1, -0.05) is 12.1 Å². The van der Waals surface area contributed by atoms with E-state index < -0.39 is 0 Å². The average molecular weight is 307 g/mol. The molecule has 0 atom stereocenters. The number of oxazole rings is 1. The second-order valence-corrected chi connectivity index (χ2v) is 5.45. The van der Waals surface area contributed by atoms with Gasteiger partial charge in [0, 0.05) is 13.0 Å². The molecule has 1 N–H and O–H groups in total. The summed E-state index contributed by atoms with van der Waals surface area (Å²) in [5.74, 6) is 1.17. The van der Waals surface area contributed by atoms with E-state index in [9.17, 15) is 5.26 Å². The van der Waals surface area contributed by atoms with Gasteiger partial charge in [-0.3, -0.25) is 0 Å². The third-order valence-electron chi connectivity index (χ3n) is 3.86. The van der Waals surface area contributed by atoms with Crippen molar-refractivity contribution >= 4 is 16.9 Å². The predicted molar refractivity (Wildman–Crippen MR) is 87.2 cm³/mol. The molecule has 0 aliphatic rings. The Kier molecular flexibility index (Phi) is 3.94. The zero-order chi connectivity index (χ0) is 16.4. The summed E-state index contributed by atoms with van der Waals surface area (Å²) in [5.41, 5.74) is 4.93. The Bertz CT molecular complexity index is 907. The first-order valence-electron chi connectivity index (χ1n) is 7.43. The van der Waals surface area contributed by atoms with Crippen LogP contribution in [-0.4, -0.2) is 21.7 Å². The molecule has 0 bridgehead atoms. The van der Waals surface area contributed by atoms with Crippen molar-refractivity contribution in [1.29, 1.82) is 5.26 Å². The minimum absolute atomic E-state index is 0.503. The lowest BCUT2D eigenvalue weighted by atomic mass is 10.1. The van der Waals surface area contributed by atoms with Crippen molar-refractivity contribution in [2.75, 3.05) is 11.9 Å². The molecule has 3 aromatic rings. The molecule has 2 aromatic heterocycles. The standard InChI is InChI=1S/C17H17N5O/c1-10-5-4-6-14-16(10)20-15(23-14)7-8-19-17-13(9-18)11(2)12(3)21-22-17/h4-6H,7-8H2,1-3H3,(H,19,22). The summed E-state index contributed by atoms with van der Waals surface area (Å²) in [6.45, 7) is 6.29. The van der Waals surface area contributed by atoms with Crippen LogP contribution in [0.15, 0.2) is 22.6 Å². The van der Waals surface area contributed by atoms with Crippen LogP contribution in [-0.2, 0) is 6.42 Å². The van der Waals surface area contributed by atoms with Crippen molar-refractivity contribution in [1.82, 2.24) is 15.2 Å². The minimum atomic E-state index is 0.503. The highest BCUT2D eigenvalue weighted by molar-refractivity contribution is 5.76. The molecular formula is C17H17N5O. The number of aryl methyl sites for hydroxylation is 2. The van der Waals surface area contributed by atoms with Crippen molar-refractivity contribution in [3.63, 3.8) is 0 Å². The number of nitriles is 1. The Balaban J connectivity index is 1.73. The molecule has 6 heteroatoms. The lowest BCUT2D eigenvalue weighted by molar-refractivity contribution is 0.533. The largest absolute Gasteiger partial charge is 0.441 e. The van der Waals surface area contributed by atoms with Crippen LogP contribution in [0.3, 0.4) is 0 Å².